The van der Waals surface area contributed by atoms with Crippen LogP contribution in [0.5, 0.6) is 0 Å². The first kappa shape index (κ1) is 11.8. The molecule has 1 amide bonds. The third-order valence-electron chi connectivity index (χ3n) is 2.33. The molecule has 1 atom stereocenters. The van der Waals surface area contributed by atoms with Gasteiger partial charge in [-0.05, 0) is 0 Å². The van der Waals surface area contributed by atoms with Crippen LogP contribution in [-0.4, -0.2) is 22.8 Å². The summed E-state index contributed by atoms with van der Waals surface area (Å²) in [5.41, 5.74) is 6.46. The molecule has 0 radical (unpaired) electrons. The number of rotatable bonds is 1. The first-order chi connectivity index (χ1) is 7.49. The van der Waals surface area contributed by atoms with E-state index < -0.39 is 0 Å². The highest BCUT2D eigenvalue weighted by Crippen LogP contribution is 2.34. The molecule has 0 aromatic carbocycles. The van der Waals surface area contributed by atoms with Crippen LogP contribution in [0.3, 0.4) is 0 Å². The second-order valence-electron chi connectivity index (χ2n) is 3.47. The number of nitrogen functional groups attached to an aromatic ring is 1. The first-order valence-electron chi connectivity index (χ1n) is 4.55. The highest BCUT2D eigenvalue weighted by atomic mass is 35.5. The molecule has 16 heavy (non-hydrogen) atoms. The van der Waals surface area contributed by atoms with Crippen molar-refractivity contribution in [1.82, 2.24) is 4.98 Å². The van der Waals surface area contributed by atoms with Crippen molar-refractivity contribution in [2.75, 3.05) is 17.2 Å². The minimum atomic E-state index is -0.211. The Labute approximate surface area is 107 Å². The predicted molar refractivity (Wildman–Crippen MR) is 65.3 cm³/mol. The molecule has 1 aliphatic heterocycles. The lowest BCUT2D eigenvalue weighted by molar-refractivity contribution is -0.117. The Hall–Kier alpha value is -0.710. The molecule has 1 unspecified atom stereocenters. The molecular formula is C9H8Cl3N3O. The maximum atomic E-state index is 11.6. The Balaban J connectivity index is 2.44. The van der Waals surface area contributed by atoms with Crippen LogP contribution >= 0.6 is 34.8 Å². The number of nitrogens with zero attached hydrogens (tertiary/aromatic N) is 2. The van der Waals surface area contributed by atoms with E-state index in [2.05, 4.69) is 4.98 Å². The summed E-state index contributed by atoms with van der Waals surface area (Å²) in [6.07, 6.45) is 0.290. The summed E-state index contributed by atoms with van der Waals surface area (Å²) in [6, 6.07) is 1.51. The third-order valence-corrected chi connectivity index (χ3v) is 3.10. The Kier molecular flexibility index (Phi) is 3.15. The molecule has 1 saturated heterocycles. The zero-order valence-electron chi connectivity index (χ0n) is 8.08. The van der Waals surface area contributed by atoms with Crippen LogP contribution in [-0.2, 0) is 4.79 Å². The average molecular weight is 281 g/mol. The van der Waals surface area contributed by atoms with Crippen molar-refractivity contribution in [3.05, 3.63) is 16.4 Å². The monoisotopic (exact) mass is 279 g/mol. The number of alkyl halides is 1. The van der Waals surface area contributed by atoms with Crippen molar-refractivity contribution in [3.8, 4) is 0 Å². The minimum absolute atomic E-state index is 0.0910. The zero-order chi connectivity index (χ0) is 11.9. The molecule has 0 aliphatic carbocycles. The zero-order valence-corrected chi connectivity index (χ0v) is 10.4. The quantitative estimate of drug-likeness (QED) is 0.634. The van der Waals surface area contributed by atoms with Crippen molar-refractivity contribution >= 4 is 52.1 Å². The number of amides is 1. The maximum absolute atomic E-state index is 11.6. The van der Waals surface area contributed by atoms with E-state index in [1.54, 1.807) is 0 Å². The molecule has 2 N–H and O–H groups in total. The molecule has 2 heterocycles. The molecule has 0 spiro atoms. The van der Waals surface area contributed by atoms with Gasteiger partial charge < -0.3 is 10.6 Å². The van der Waals surface area contributed by atoms with Crippen LogP contribution in [0.15, 0.2) is 6.07 Å². The summed E-state index contributed by atoms with van der Waals surface area (Å²) in [7, 11) is 0. The fraction of sp³-hybridized carbons (Fsp3) is 0.333. The van der Waals surface area contributed by atoms with Gasteiger partial charge in [0, 0.05) is 19.0 Å². The fourth-order valence-electron chi connectivity index (χ4n) is 1.60. The number of hydrogen-bond donors (Lipinski definition) is 1. The van der Waals surface area contributed by atoms with E-state index in [9.17, 15) is 4.79 Å². The SMILES string of the molecule is Nc1c(N2CC(Cl)CC2=O)cc(Cl)nc1Cl. The smallest absolute Gasteiger partial charge is 0.228 e. The lowest BCUT2D eigenvalue weighted by atomic mass is 10.3. The van der Waals surface area contributed by atoms with Gasteiger partial charge in [0.1, 0.15) is 5.15 Å². The summed E-state index contributed by atoms with van der Waals surface area (Å²) < 4.78 is 0. The molecule has 7 heteroatoms. The second kappa shape index (κ2) is 4.28. The number of nitrogens with two attached hydrogens (primary N) is 1. The van der Waals surface area contributed by atoms with E-state index in [-0.39, 0.29) is 27.3 Å². The molecule has 2 rings (SSSR count). The molecule has 0 bridgehead atoms. The summed E-state index contributed by atoms with van der Waals surface area (Å²) in [5.74, 6) is -0.0926. The first-order valence-corrected chi connectivity index (χ1v) is 5.74. The van der Waals surface area contributed by atoms with Gasteiger partial charge >= 0.3 is 0 Å². The number of aromatic nitrogens is 1. The van der Waals surface area contributed by atoms with Crippen molar-refractivity contribution in [1.29, 1.82) is 0 Å². The van der Waals surface area contributed by atoms with Crippen LogP contribution in [0.25, 0.3) is 0 Å². The minimum Gasteiger partial charge on any atom is -0.395 e. The van der Waals surface area contributed by atoms with Crippen molar-refractivity contribution in [3.63, 3.8) is 0 Å². The van der Waals surface area contributed by atoms with Gasteiger partial charge in [-0.15, -0.1) is 11.6 Å². The van der Waals surface area contributed by atoms with E-state index in [4.69, 9.17) is 40.5 Å². The van der Waals surface area contributed by atoms with Gasteiger partial charge in [-0.2, -0.15) is 0 Å². The Bertz CT molecular complexity index is 452. The van der Waals surface area contributed by atoms with Crippen LogP contribution in [0.1, 0.15) is 6.42 Å². The molecule has 1 aromatic heterocycles. The van der Waals surface area contributed by atoms with Gasteiger partial charge in [0.05, 0.1) is 16.8 Å². The van der Waals surface area contributed by atoms with Gasteiger partial charge in [-0.3, -0.25) is 4.79 Å². The van der Waals surface area contributed by atoms with Gasteiger partial charge in [0.25, 0.3) is 0 Å². The Morgan fingerprint density at radius 3 is 2.75 bits per heavy atom. The van der Waals surface area contributed by atoms with Crippen LogP contribution in [0, 0.1) is 0 Å². The van der Waals surface area contributed by atoms with Crippen molar-refractivity contribution in [2.24, 2.45) is 0 Å². The third kappa shape index (κ3) is 2.05. The summed E-state index contributed by atoms with van der Waals surface area (Å²) in [6.45, 7) is 0.404. The molecule has 1 aliphatic rings. The van der Waals surface area contributed by atoms with E-state index in [1.165, 1.54) is 11.0 Å². The van der Waals surface area contributed by atoms with Crippen LogP contribution in [0.2, 0.25) is 10.3 Å². The number of anilines is 2. The van der Waals surface area contributed by atoms with E-state index in [1.807, 2.05) is 0 Å². The highest BCUT2D eigenvalue weighted by Gasteiger charge is 2.31. The van der Waals surface area contributed by atoms with Crippen molar-refractivity contribution in [2.45, 2.75) is 11.8 Å². The lowest BCUT2D eigenvalue weighted by Gasteiger charge is -2.18. The number of halogens is 3. The second-order valence-corrected chi connectivity index (χ2v) is 4.84. The number of hydrogen-bond acceptors (Lipinski definition) is 3. The molecule has 0 saturated carbocycles. The molecular weight excluding hydrogens is 272 g/mol. The molecule has 1 aromatic rings. The summed E-state index contributed by atoms with van der Waals surface area (Å²) in [5, 5.41) is 0.0750. The maximum Gasteiger partial charge on any atom is 0.228 e. The van der Waals surface area contributed by atoms with E-state index in [0.29, 0.717) is 18.7 Å². The Morgan fingerprint density at radius 1 is 1.50 bits per heavy atom. The van der Waals surface area contributed by atoms with Gasteiger partial charge in [-0.25, -0.2) is 4.98 Å². The number of pyridine rings is 1. The summed E-state index contributed by atoms with van der Waals surface area (Å²) in [4.78, 5) is 16.9. The fourth-order valence-corrected chi connectivity index (χ4v) is 2.29. The van der Waals surface area contributed by atoms with Crippen LogP contribution in [0.4, 0.5) is 11.4 Å². The number of carbonyl (C=O) groups is 1. The van der Waals surface area contributed by atoms with Gasteiger partial charge in [0.2, 0.25) is 5.91 Å². The highest BCUT2D eigenvalue weighted by molar-refractivity contribution is 6.35. The average Bonchev–Trinajstić information content (AvgIpc) is 2.51. The normalized spacial score (nSPS) is 20.6. The topological polar surface area (TPSA) is 59.2 Å². The van der Waals surface area contributed by atoms with Crippen molar-refractivity contribution < 1.29 is 4.79 Å². The molecule has 86 valence electrons. The molecule has 4 nitrogen and oxygen atoms in total. The predicted octanol–water partition coefficient (Wildman–Crippen LogP) is 2.31. The molecule has 1 fully saturated rings. The largest absolute Gasteiger partial charge is 0.395 e. The van der Waals surface area contributed by atoms with Crippen LogP contribution < -0.4 is 10.6 Å². The van der Waals surface area contributed by atoms with E-state index >= 15 is 0 Å². The van der Waals surface area contributed by atoms with Gasteiger partial charge in [-0.1, -0.05) is 23.2 Å². The Morgan fingerprint density at radius 2 is 2.19 bits per heavy atom. The standard InChI is InChI=1S/C9H8Cl3N3O/c10-4-1-7(16)15(3-4)5-2-6(11)14-9(12)8(5)13/h2,4H,1,3,13H2. The van der Waals surface area contributed by atoms with E-state index in [0.717, 1.165) is 0 Å². The summed E-state index contributed by atoms with van der Waals surface area (Å²) >= 11 is 17.5. The lowest BCUT2D eigenvalue weighted by Crippen LogP contribution is -2.25. The number of carbonyl (C=O) groups excluding carboxylic acids is 1. The van der Waals surface area contributed by atoms with Gasteiger partial charge in [0.15, 0.2) is 5.15 Å².